The van der Waals surface area contributed by atoms with Crippen molar-refractivity contribution >= 4 is 22.4 Å². The second-order valence-corrected chi connectivity index (χ2v) is 6.59. The van der Waals surface area contributed by atoms with Crippen LogP contribution in [0.15, 0.2) is 24.3 Å². The predicted molar refractivity (Wildman–Crippen MR) is 90.0 cm³/mol. The van der Waals surface area contributed by atoms with Crippen molar-refractivity contribution in [2.24, 2.45) is 0 Å². The molecule has 1 saturated heterocycles. The Bertz CT molecular complexity index is 668. The summed E-state index contributed by atoms with van der Waals surface area (Å²) in [5, 5.41) is 12.5. The van der Waals surface area contributed by atoms with Crippen molar-refractivity contribution in [3.8, 4) is 5.75 Å². The minimum Gasteiger partial charge on any atom is -0.497 e. The lowest BCUT2D eigenvalue weighted by molar-refractivity contribution is 0.102. The van der Waals surface area contributed by atoms with Gasteiger partial charge in [0.15, 0.2) is 0 Å². The highest BCUT2D eigenvalue weighted by molar-refractivity contribution is 7.15. The summed E-state index contributed by atoms with van der Waals surface area (Å²) in [5.74, 6) is 0.449. The molecule has 23 heavy (non-hydrogen) atoms. The molecule has 0 saturated carbocycles. The Morgan fingerprint density at radius 2 is 2.13 bits per heavy atom. The number of hydrogen-bond acceptors (Lipinski definition) is 6. The molecule has 1 aliphatic heterocycles. The number of carbonyl (C=O) groups excluding carboxylic acids is 1. The van der Waals surface area contributed by atoms with Crippen LogP contribution in [0.3, 0.4) is 0 Å². The second kappa shape index (κ2) is 7.52. The van der Waals surface area contributed by atoms with Gasteiger partial charge in [0.2, 0.25) is 5.13 Å². The van der Waals surface area contributed by atoms with Gasteiger partial charge in [-0.05, 0) is 44.1 Å². The van der Waals surface area contributed by atoms with E-state index in [1.807, 2.05) is 0 Å². The van der Waals surface area contributed by atoms with Gasteiger partial charge in [-0.2, -0.15) is 0 Å². The Hall–Kier alpha value is -1.99. The van der Waals surface area contributed by atoms with E-state index in [1.165, 1.54) is 30.6 Å². The molecular weight excluding hydrogens is 312 g/mol. The molecule has 2 heterocycles. The molecule has 0 bridgehead atoms. The van der Waals surface area contributed by atoms with E-state index in [4.69, 9.17) is 4.74 Å². The fraction of sp³-hybridized carbons (Fsp3) is 0.438. The Kier molecular flexibility index (Phi) is 5.19. The molecule has 7 heteroatoms. The van der Waals surface area contributed by atoms with Gasteiger partial charge in [0, 0.05) is 5.56 Å². The Morgan fingerprint density at radius 3 is 2.91 bits per heavy atom. The number of hydrogen-bond donors (Lipinski definition) is 1. The molecule has 0 unspecified atom stereocenters. The van der Waals surface area contributed by atoms with Crippen LogP contribution in [0.1, 0.15) is 34.6 Å². The summed E-state index contributed by atoms with van der Waals surface area (Å²) in [6, 6.07) is 7.03. The van der Waals surface area contributed by atoms with Crippen molar-refractivity contribution in [1.29, 1.82) is 0 Å². The number of ether oxygens (including phenoxy) is 1. The first-order chi connectivity index (χ1) is 11.2. The summed E-state index contributed by atoms with van der Waals surface area (Å²) in [4.78, 5) is 14.6. The number of aromatic nitrogens is 2. The molecule has 122 valence electrons. The number of nitrogens with one attached hydrogen (secondary N) is 1. The van der Waals surface area contributed by atoms with Gasteiger partial charge >= 0.3 is 0 Å². The van der Waals surface area contributed by atoms with Crippen LogP contribution in [-0.2, 0) is 6.54 Å². The number of nitrogens with zero attached hydrogens (tertiary/aromatic N) is 3. The number of likely N-dealkylation sites (tertiary alicyclic amines) is 1. The van der Waals surface area contributed by atoms with Crippen LogP contribution < -0.4 is 10.1 Å². The van der Waals surface area contributed by atoms with Crippen molar-refractivity contribution < 1.29 is 9.53 Å². The summed E-state index contributed by atoms with van der Waals surface area (Å²) in [7, 11) is 1.58. The number of rotatable bonds is 5. The fourth-order valence-corrected chi connectivity index (χ4v) is 3.39. The van der Waals surface area contributed by atoms with Crippen LogP contribution in [0.2, 0.25) is 0 Å². The average molecular weight is 332 g/mol. The molecular formula is C16H20N4O2S. The molecule has 3 rings (SSSR count). The zero-order chi connectivity index (χ0) is 16.1. The van der Waals surface area contributed by atoms with Gasteiger partial charge in [-0.25, -0.2) is 0 Å². The van der Waals surface area contributed by atoms with Crippen molar-refractivity contribution in [3.05, 3.63) is 34.8 Å². The highest BCUT2D eigenvalue weighted by Crippen LogP contribution is 2.20. The molecule has 1 amide bonds. The largest absolute Gasteiger partial charge is 0.497 e. The van der Waals surface area contributed by atoms with Crippen LogP contribution in [0.5, 0.6) is 5.75 Å². The molecule has 1 N–H and O–H groups in total. The lowest BCUT2D eigenvalue weighted by Crippen LogP contribution is -2.28. The highest BCUT2D eigenvalue weighted by atomic mass is 32.1. The third-order valence-electron chi connectivity index (χ3n) is 3.83. The molecule has 1 aromatic heterocycles. The van der Waals surface area contributed by atoms with E-state index in [-0.39, 0.29) is 5.91 Å². The summed E-state index contributed by atoms with van der Waals surface area (Å²) < 4.78 is 5.13. The molecule has 0 radical (unpaired) electrons. The van der Waals surface area contributed by atoms with Gasteiger partial charge in [0.05, 0.1) is 13.7 Å². The quantitative estimate of drug-likeness (QED) is 0.912. The Balaban J connectivity index is 1.60. The summed E-state index contributed by atoms with van der Waals surface area (Å²) in [6.45, 7) is 3.04. The maximum Gasteiger partial charge on any atom is 0.257 e. The van der Waals surface area contributed by atoms with Crippen LogP contribution >= 0.6 is 11.3 Å². The lowest BCUT2D eigenvalue weighted by Gasteiger charge is -2.24. The maximum absolute atomic E-state index is 12.2. The highest BCUT2D eigenvalue weighted by Gasteiger charge is 2.15. The molecule has 0 aliphatic carbocycles. The number of carbonyl (C=O) groups is 1. The normalized spacial score (nSPS) is 15.3. The summed E-state index contributed by atoms with van der Waals surface area (Å²) >= 11 is 1.43. The maximum atomic E-state index is 12.2. The zero-order valence-electron chi connectivity index (χ0n) is 13.1. The summed E-state index contributed by atoms with van der Waals surface area (Å²) in [6.07, 6.45) is 3.81. The number of amides is 1. The van der Waals surface area contributed by atoms with Crippen LogP contribution in [0.25, 0.3) is 0 Å². The smallest absolute Gasteiger partial charge is 0.257 e. The van der Waals surface area contributed by atoms with Gasteiger partial charge in [0.25, 0.3) is 5.91 Å². The molecule has 6 nitrogen and oxygen atoms in total. The first-order valence-corrected chi connectivity index (χ1v) is 8.56. The lowest BCUT2D eigenvalue weighted by atomic mass is 10.1. The van der Waals surface area contributed by atoms with Crippen molar-refractivity contribution in [2.45, 2.75) is 25.8 Å². The molecule has 1 fully saturated rings. The van der Waals surface area contributed by atoms with Gasteiger partial charge in [0.1, 0.15) is 10.8 Å². The monoisotopic (exact) mass is 332 g/mol. The summed E-state index contributed by atoms with van der Waals surface area (Å²) in [5.41, 5.74) is 0.539. The van der Waals surface area contributed by atoms with E-state index in [0.717, 1.165) is 24.6 Å². The van der Waals surface area contributed by atoms with Gasteiger partial charge in [-0.1, -0.05) is 23.8 Å². The molecule has 0 spiro atoms. The average Bonchev–Trinajstić information content (AvgIpc) is 3.02. The fourth-order valence-electron chi connectivity index (χ4n) is 2.61. The van der Waals surface area contributed by atoms with E-state index in [0.29, 0.717) is 16.4 Å². The van der Waals surface area contributed by atoms with E-state index in [9.17, 15) is 4.79 Å². The van der Waals surface area contributed by atoms with Gasteiger partial charge < -0.3 is 4.74 Å². The minimum absolute atomic E-state index is 0.204. The number of benzene rings is 1. The van der Waals surface area contributed by atoms with Crippen molar-refractivity contribution in [1.82, 2.24) is 15.1 Å². The van der Waals surface area contributed by atoms with Crippen LogP contribution in [0, 0.1) is 0 Å². The molecule has 0 atom stereocenters. The van der Waals surface area contributed by atoms with E-state index < -0.39 is 0 Å². The molecule has 2 aromatic rings. The zero-order valence-corrected chi connectivity index (χ0v) is 13.9. The number of methoxy groups -OCH3 is 1. The molecule has 1 aromatic carbocycles. The van der Waals surface area contributed by atoms with Crippen molar-refractivity contribution in [2.75, 3.05) is 25.5 Å². The van der Waals surface area contributed by atoms with Gasteiger partial charge in [-0.15, -0.1) is 10.2 Å². The van der Waals surface area contributed by atoms with Crippen molar-refractivity contribution in [3.63, 3.8) is 0 Å². The van der Waals surface area contributed by atoms with Crippen LogP contribution in [0.4, 0.5) is 5.13 Å². The standard InChI is InChI=1S/C16H20N4O2S/c1-22-13-7-5-6-12(10-13)15(21)17-16-19-18-14(23-16)11-20-8-3-2-4-9-20/h5-7,10H,2-4,8-9,11H2,1H3,(H,17,19,21). The number of anilines is 1. The Labute approximate surface area is 139 Å². The minimum atomic E-state index is -0.204. The Morgan fingerprint density at radius 1 is 1.30 bits per heavy atom. The van der Waals surface area contributed by atoms with Gasteiger partial charge in [-0.3, -0.25) is 15.0 Å². The third-order valence-corrected chi connectivity index (χ3v) is 4.65. The van der Waals surface area contributed by atoms with Crippen LogP contribution in [-0.4, -0.2) is 41.2 Å². The third kappa shape index (κ3) is 4.27. The molecule has 1 aliphatic rings. The van der Waals surface area contributed by atoms with E-state index in [1.54, 1.807) is 31.4 Å². The first kappa shape index (κ1) is 15.9. The van der Waals surface area contributed by atoms with E-state index >= 15 is 0 Å². The van der Waals surface area contributed by atoms with E-state index in [2.05, 4.69) is 20.4 Å². The predicted octanol–water partition coefficient (Wildman–Crippen LogP) is 2.78. The first-order valence-electron chi connectivity index (χ1n) is 7.75. The second-order valence-electron chi connectivity index (χ2n) is 5.52. The topological polar surface area (TPSA) is 67.3 Å². The SMILES string of the molecule is COc1cccc(C(=O)Nc2nnc(CN3CCCCC3)s2)c1. The number of piperidine rings is 1.